The maximum absolute atomic E-state index is 12.0. The third-order valence-corrected chi connectivity index (χ3v) is 2.42. The van der Waals surface area contributed by atoms with E-state index < -0.39 is 30.4 Å². The van der Waals surface area contributed by atoms with E-state index in [4.69, 9.17) is 10.8 Å². The first kappa shape index (κ1) is 14.3. The summed E-state index contributed by atoms with van der Waals surface area (Å²) in [5.41, 5.74) is 5.41. The minimum atomic E-state index is -4.30. The molecule has 1 aromatic carbocycles. The van der Waals surface area contributed by atoms with Crippen molar-refractivity contribution in [1.29, 1.82) is 0 Å². The quantitative estimate of drug-likeness (QED) is 0.779. The Bertz CT molecular complexity index is 446. The van der Waals surface area contributed by atoms with E-state index in [1.54, 1.807) is 0 Å². The number of phenols is 1. The fourth-order valence-electron chi connectivity index (χ4n) is 1.44. The molecule has 18 heavy (non-hydrogen) atoms. The van der Waals surface area contributed by atoms with Crippen molar-refractivity contribution in [3.8, 4) is 5.75 Å². The van der Waals surface area contributed by atoms with Crippen LogP contribution in [0.3, 0.4) is 0 Å². The summed E-state index contributed by atoms with van der Waals surface area (Å²) in [4.78, 5) is 10.7. The average molecular weight is 263 g/mol. The Balaban J connectivity index is 2.83. The summed E-state index contributed by atoms with van der Waals surface area (Å²) in [5, 5.41) is 18.0. The number of carboxylic acid groups (broad SMARTS) is 1. The SMILES string of the molecule is N[C@@H](CCC(F)(F)F)c1ccc(O)c(C(=O)O)c1. The van der Waals surface area contributed by atoms with Crippen molar-refractivity contribution in [2.24, 2.45) is 5.73 Å². The van der Waals surface area contributed by atoms with Gasteiger partial charge in [-0.1, -0.05) is 6.07 Å². The molecule has 0 saturated heterocycles. The van der Waals surface area contributed by atoms with Crippen molar-refractivity contribution >= 4 is 5.97 Å². The Morgan fingerprint density at radius 2 is 2.00 bits per heavy atom. The molecule has 0 amide bonds. The number of rotatable bonds is 4. The number of alkyl halides is 3. The monoisotopic (exact) mass is 263 g/mol. The zero-order valence-corrected chi connectivity index (χ0v) is 9.24. The number of hydrogen-bond donors (Lipinski definition) is 3. The summed E-state index contributed by atoms with van der Waals surface area (Å²) in [6.45, 7) is 0. The van der Waals surface area contributed by atoms with Crippen LogP contribution in [0.15, 0.2) is 18.2 Å². The molecular formula is C11H12F3NO3. The van der Waals surface area contributed by atoms with Crippen molar-refractivity contribution in [2.45, 2.75) is 25.1 Å². The van der Waals surface area contributed by atoms with Crippen LogP contribution in [-0.2, 0) is 0 Å². The summed E-state index contributed by atoms with van der Waals surface area (Å²) < 4.78 is 36.0. The first-order valence-corrected chi connectivity index (χ1v) is 5.09. The number of carbonyl (C=O) groups is 1. The maximum atomic E-state index is 12.0. The van der Waals surface area contributed by atoms with Crippen LogP contribution >= 0.6 is 0 Å². The number of nitrogens with two attached hydrogens (primary N) is 1. The maximum Gasteiger partial charge on any atom is 0.389 e. The standard InChI is InChI=1S/C11H12F3NO3/c12-11(13,14)4-3-8(15)6-1-2-9(16)7(5-6)10(17)18/h1-2,5,8,16H,3-4,15H2,(H,17,18)/t8-/m0/s1. The molecule has 0 heterocycles. The van der Waals surface area contributed by atoms with E-state index in [9.17, 15) is 23.1 Å². The molecule has 0 radical (unpaired) electrons. The Morgan fingerprint density at radius 3 is 2.50 bits per heavy atom. The molecule has 0 aliphatic rings. The minimum absolute atomic E-state index is 0.245. The summed E-state index contributed by atoms with van der Waals surface area (Å²) in [7, 11) is 0. The van der Waals surface area contributed by atoms with Crippen LogP contribution in [0.5, 0.6) is 5.75 Å². The minimum Gasteiger partial charge on any atom is -0.507 e. The van der Waals surface area contributed by atoms with E-state index in [0.717, 1.165) is 12.1 Å². The van der Waals surface area contributed by atoms with E-state index in [0.29, 0.717) is 0 Å². The van der Waals surface area contributed by atoms with E-state index in [-0.39, 0.29) is 17.5 Å². The van der Waals surface area contributed by atoms with Gasteiger partial charge in [0.25, 0.3) is 0 Å². The van der Waals surface area contributed by atoms with E-state index in [1.807, 2.05) is 0 Å². The summed E-state index contributed by atoms with van der Waals surface area (Å²) in [5.74, 6) is -1.81. The molecule has 0 aromatic heterocycles. The average Bonchev–Trinajstić information content (AvgIpc) is 2.25. The molecule has 1 rings (SSSR count). The van der Waals surface area contributed by atoms with E-state index in [1.165, 1.54) is 6.07 Å². The second kappa shape index (κ2) is 5.26. The Hall–Kier alpha value is -1.76. The van der Waals surface area contributed by atoms with Crippen LogP contribution in [0.1, 0.15) is 34.8 Å². The van der Waals surface area contributed by atoms with Crippen molar-refractivity contribution in [2.75, 3.05) is 0 Å². The lowest BCUT2D eigenvalue weighted by Gasteiger charge is -2.14. The van der Waals surface area contributed by atoms with E-state index >= 15 is 0 Å². The third-order valence-electron chi connectivity index (χ3n) is 2.42. The van der Waals surface area contributed by atoms with Gasteiger partial charge in [-0.05, 0) is 24.1 Å². The lowest BCUT2D eigenvalue weighted by atomic mass is 10.00. The normalized spacial score (nSPS) is 13.3. The number of aromatic carboxylic acids is 1. The van der Waals surface area contributed by atoms with Gasteiger partial charge in [-0.3, -0.25) is 0 Å². The van der Waals surface area contributed by atoms with Gasteiger partial charge >= 0.3 is 12.1 Å². The molecule has 7 heteroatoms. The summed E-state index contributed by atoms with van der Waals surface area (Å²) in [6.07, 6.45) is -5.69. The molecule has 0 aliphatic carbocycles. The topological polar surface area (TPSA) is 83.5 Å². The highest BCUT2D eigenvalue weighted by atomic mass is 19.4. The molecule has 4 nitrogen and oxygen atoms in total. The molecule has 1 atom stereocenters. The lowest BCUT2D eigenvalue weighted by Crippen LogP contribution is -2.16. The third kappa shape index (κ3) is 3.92. The molecule has 100 valence electrons. The van der Waals surface area contributed by atoms with Gasteiger partial charge in [-0.15, -0.1) is 0 Å². The molecule has 0 bridgehead atoms. The van der Waals surface area contributed by atoms with Crippen molar-refractivity contribution in [3.05, 3.63) is 29.3 Å². The van der Waals surface area contributed by atoms with Gasteiger partial charge in [-0.25, -0.2) is 4.79 Å². The molecule has 0 saturated carbocycles. The number of aromatic hydroxyl groups is 1. The van der Waals surface area contributed by atoms with Gasteiger partial charge in [-0.2, -0.15) is 13.2 Å². The predicted molar refractivity (Wildman–Crippen MR) is 57.3 cm³/mol. The van der Waals surface area contributed by atoms with Crippen molar-refractivity contribution < 1.29 is 28.2 Å². The second-order valence-corrected chi connectivity index (χ2v) is 3.84. The largest absolute Gasteiger partial charge is 0.507 e. The fourth-order valence-corrected chi connectivity index (χ4v) is 1.44. The van der Waals surface area contributed by atoms with Gasteiger partial charge in [0.05, 0.1) is 0 Å². The van der Waals surface area contributed by atoms with Gasteiger partial charge in [0.2, 0.25) is 0 Å². The smallest absolute Gasteiger partial charge is 0.389 e. The number of carboxylic acids is 1. The predicted octanol–water partition coefficient (Wildman–Crippen LogP) is 2.43. The van der Waals surface area contributed by atoms with Crippen LogP contribution in [0.2, 0.25) is 0 Å². The molecule has 4 N–H and O–H groups in total. The zero-order chi connectivity index (χ0) is 13.9. The van der Waals surface area contributed by atoms with Gasteiger partial charge in [0.1, 0.15) is 11.3 Å². The summed E-state index contributed by atoms with van der Waals surface area (Å²) in [6, 6.07) is 2.57. The van der Waals surface area contributed by atoms with Crippen molar-refractivity contribution in [1.82, 2.24) is 0 Å². The van der Waals surface area contributed by atoms with Crippen LogP contribution < -0.4 is 5.73 Å². The number of halogens is 3. The molecule has 1 aromatic rings. The first-order valence-electron chi connectivity index (χ1n) is 5.09. The highest BCUT2D eigenvalue weighted by Crippen LogP contribution is 2.28. The fraction of sp³-hybridized carbons (Fsp3) is 0.364. The van der Waals surface area contributed by atoms with Crippen LogP contribution in [0, 0.1) is 0 Å². The molecule has 0 aliphatic heterocycles. The van der Waals surface area contributed by atoms with Crippen LogP contribution in [0.4, 0.5) is 13.2 Å². The Morgan fingerprint density at radius 1 is 1.39 bits per heavy atom. The van der Waals surface area contributed by atoms with Gasteiger partial charge < -0.3 is 15.9 Å². The second-order valence-electron chi connectivity index (χ2n) is 3.84. The van der Waals surface area contributed by atoms with Gasteiger partial charge in [0, 0.05) is 12.5 Å². The lowest BCUT2D eigenvalue weighted by molar-refractivity contribution is -0.136. The highest BCUT2D eigenvalue weighted by molar-refractivity contribution is 5.90. The zero-order valence-electron chi connectivity index (χ0n) is 9.24. The first-order chi connectivity index (χ1) is 8.20. The highest BCUT2D eigenvalue weighted by Gasteiger charge is 2.28. The van der Waals surface area contributed by atoms with Gasteiger partial charge in [0.15, 0.2) is 0 Å². The van der Waals surface area contributed by atoms with Crippen molar-refractivity contribution in [3.63, 3.8) is 0 Å². The Kier molecular flexibility index (Phi) is 4.18. The van der Waals surface area contributed by atoms with Crippen LogP contribution in [0.25, 0.3) is 0 Å². The van der Waals surface area contributed by atoms with Crippen LogP contribution in [-0.4, -0.2) is 22.4 Å². The Labute approximate surface area is 101 Å². The summed E-state index contributed by atoms with van der Waals surface area (Å²) >= 11 is 0. The number of benzene rings is 1. The molecular weight excluding hydrogens is 251 g/mol. The molecule has 0 fully saturated rings. The molecule has 0 spiro atoms. The van der Waals surface area contributed by atoms with E-state index in [2.05, 4.69) is 0 Å². The number of hydrogen-bond acceptors (Lipinski definition) is 3. The molecule has 0 unspecified atom stereocenters.